The highest BCUT2D eigenvalue weighted by atomic mass is 16.5. The van der Waals surface area contributed by atoms with Crippen molar-refractivity contribution in [2.24, 2.45) is 0 Å². The molecule has 2 aromatic carbocycles. The second kappa shape index (κ2) is 9.31. The zero-order chi connectivity index (χ0) is 19.9. The Bertz CT molecular complexity index is 766. The zero-order valence-corrected chi connectivity index (χ0v) is 16.9. The number of amides is 2. The minimum absolute atomic E-state index is 0.0390. The number of rotatable bonds is 7. The van der Waals surface area contributed by atoms with Crippen LogP contribution in [0.15, 0.2) is 42.5 Å². The molecule has 2 rings (SSSR count). The molecule has 0 bridgehead atoms. The number of para-hydroxylation sites is 1. The van der Waals surface area contributed by atoms with Gasteiger partial charge in [0, 0.05) is 12.2 Å². The van der Waals surface area contributed by atoms with Gasteiger partial charge in [-0.15, -0.1) is 0 Å². The third-order valence-corrected chi connectivity index (χ3v) is 4.21. The Balaban J connectivity index is 1.92. The van der Waals surface area contributed by atoms with E-state index in [-0.39, 0.29) is 11.4 Å². The lowest BCUT2D eigenvalue weighted by molar-refractivity contribution is 0.252. The average molecular weight is 370 g/mol. The fraction of sp³-hybridized carbons (Fsp3) is 0.409. The number of urea groups is 1. The molecule has 0 aliphatic carbocycles. The molecule has 0 saturated carbocycles. The van der Waals surface area contributed by atoms with E-state index in [1.54, 1.807) is 7.11 Å². The van der Waals surface area contributed by atoms with Crippen molar-refractivity contribution in [1.29, 1.82) is 0 Å². The molecule has 0 unspecified atom stereocenters. The van der Waals surface area contributed by atoms with Crippen LogP contribution in [-0.2, 0) is 11.8 Å². The SMILES string of the molecule is CCOc1ccc(CCNC(=O)Nc2ccccc2C(C)(C)C)cc1OC. The van der Waals surface area contributed by atoms with Crippen molar-refractivity contribution in [3.63, 3.8) is 0 Å². The van der Waals surface area contributed by atoms with Gasteiger partial charge in [-0.3, -0.25) is 0 Å². The van der Waals surface area contributed by atoms with Crippen molar-refractivity contribution >= 4 is 11.7 Å². The Morgan fingerprint density at radius 1 is 1.07 bits per heavy atom. The van der Waals surface area contributed by atoms with E-state index < -0.39 is 0 Å². The van der Waals surface area contributed by atoms with Crippen molar-refractivity contribution in [2.45, 2.75) is 39.5 Å². The van der Waals surface area contributed by atoms with E-state index in [1.165, 1.54) is 0 Å². The third-order valence-electron chi connectivity index (χ3n) is 4.21. The van der Waals surface area contributed by atoms with Crippen LogP contribution in [0.25, 0.3) is 0 Å². The Morgan fingerprint density at radius 2 is 1.81 bits per heavy atom. The molecule has 0 aromatic heterocycles. The molecule has 0 atom stereocenters. The number of methoxy groups -OCH3 is 1. The number of nitrogens with one attached hydrogen (secondary N) is 2. The Kier molecular flexibility index (Phi) is 7.11. The van der Waals surface area contributed by atoms with E-state index in [0.29, 0.717) is 25.3 Å². The van der Waals surface area contributed by atoms with E-state index >= 15 is 0 Å². The summed E-state index contributed by atoms with van der Waals surface area (Å²) in [5.74, 6) is 1.44. The summed E-state index contributed by atoms with van der Waals surface area (Å²) in [6.07, 6.45) is 0.705. The molecule has 0 aliphatic heterocycles. The van der Waals surface area contributed by atoms with Crippen molar-refractivity contribution in [1.82, 2.24) is 5.32 Å². The van der Waals surface area contributed by atoms with Crippen LogP contribution in [0.4, 0.5) is 10.5 Å². The quantitative estimate of drug-likeness (QED) is 0.739. The van der Waals surface area contributed by atoms with E-state index in [0.717, 1.165) is 22.6 Å². The summed E-state index contributed by atoms with van der Waals surface area (Å²) in [5, 5.41) is 5.87. The molecule has 5 heteroatoms. The standard InChI is InChI=1S/C22H30N2O3/c1-6-27-19-12-11-16(15-20(19)26-5)13-14-23-21(25)24-18-10-8-7-9-17(18)22(2,3)4/h7-12,15H,6,13-14H2,1-5H3,(H2,23,24,25). The maximum atomic E-state index is 12.3. The van der Waals surface area contributed by atoms with Gasteiger partial charge in [0.15, 0.2) is 11.5 Å². The van der Waals surface area contributed by atoms with Gasteiger partial charge >= 0.3 is 6.03 Å². The van der Waals surface area contributed by atoms with Crippen molar-refractivity contribution < 1.29 is 14.3 Å². The van der Waals surface area contributed by atoms with Gasteiger partial charge in [0.1, 0.15) is 0 Å². The second-order valence-corrected chi connectivity index (χ2v) is 7.34. The first-order valence-corrected chi connectivity index (χ1v) is 9.29. The van der Waals surface area contributed by atoms with E-state index in [4.69, 9.17) is 9.47 Å². The molecule has 0 radical (unpaired) electrons. The number of hydrogen-bond acceptors (Lipinski definition) is 3. The van der Waals surface area contributed by atoms with Crippen LogP contribution >= 0.6 is 0 Å². The van der Waals surface area contributed by atoms with E-state index in [9.17, 15) is 4.79 Å². The van der Waals surface area contributed by atoms with E-state index in [2.05, 4.69) is 31.4 Å². The third kappa shape index (κ3) is 5.91. The van der Waals surface area contributed by atoms with Crippen LogP contribution in [-0.4, -0.2) is 26.3 Å². The van der Waals surface area contributed by atoms with Crippen molar-refractivity contribution in [2.75, 3.05) is 25.6 Å². The van der Waals surface area contributed by atoms with E-state index in [1.807, 2.05) is 49.4 Å². The molecule has 5 nitrogen and oxygen atoms in total. The molecular formula is C22H30N2O3. The highest BCUT2D eigenvalue weighted by molar-refractivity contribution is 5.90. The molecule has 0 saturated heterocycles. The Hall–Kier alpha value is -2.69. The smallest absolute Gasteiger partial charge is 0.319 e. The van der Waals surface area contributed by atoms with Crippen LogP contribution < -0.4 is 20.1 Å². The molecule has 0 aliphatic rings. The number of benzene rings is 2. The average Bonchev–Trinajstić information content (AvgIpc) is 2.62. The zero-order valence-electron chi connectivity index (χ0n) is 16.9. The minimum atomic E-state index is -0.204. The van der Waals surface area contributed by atoms with Gasteiger partial charge in [-0.1, -0.05) is 45.0 Å². The molecule has 2 amide bonds. The molecule has 27 heavy (non-hydrogen) atoms. The molecule has 0 heterocycles. The van der Waals surface area contributed by atoms with Gasteiger partial charge < -0.3 is 20.1 Å². The first-order valence-electron chi connectivity index (χ1n) is 9.29. The number of hydrogen-bond donors (Lipinski definition) is 2. The predicted molar refractivity (Wildman–Crippen MR) is 110 cm³/mol. The second-order valence-electron chi connectivity index (χ2n) is 7.34. The normalized spacial score (nSPS) is 11.0. The maximum Gasteiger partial charge on any atom is 0.319 e. The summed E-state index contributed by atoms with van der Waals surface area (Å²) in [6.45, 7) is 9.45. The molecular weight excluding hydrogens is 340 g/mol. The first-order chi connectivity index (χ1) is 12.8. The van der Waals surface area contributed by atoms with Gasteiger partial charge in [0.2, 0.25) is 0 Å². The molecule has 2 N–H and O–H groups in total. The summed E-state index contributed by atoms with van der Waals surface area (Å²) < 4.78 is 10.9. The number of anilines is 1. The fourth-order valence-corrected chi connectivity index (χ4v) is 2.88. The predicted octanol–water partition coefficient (Wildman–Crippen LogP) is 4.76. The summed E-state index contributed by atoms with van der Waals surface area (Å²) in [4.78, 5) is 12.3. The van der Waals surface area contributed by atoms with Crippen molar-refractivity contribution in [3.8, 4) is 11.5 Å². The van der Waals surface area contributed by atoms with Crippen LogP contribution in [0, 0.1) is 0 Å². The minimum Gasteiger partial charge on any atom is -0.493 e. The largest absolute Gasteiger partial charge is 0.493 e. The van der Waals surface area contributed by atoms with Gasteiger partial charge in [-0.05, 0) is 48.1 Å². The monoisotopic (exact) mass is 370 g/mol. The van der Waals surface area contributed by atoms with Gasteiger partial charge in [0.05, 0.1) is 13.7 Å². The summed E-state index contributed by atoms with van der Waals surface area (Å²) in [6, 6.07) is 13.5. The molecule has 0 spiro atoms. The lowest BCUT2D eigenvalue weighted by atomic mass is 9.86. The molecule has 2 aromatic rings. The number of carbonyl (C=O) groups is 1. The number of carbonyl (C=O) groups excluding carboxylic acids is 1. The summed E-state index contributed by atoms with van der Waals surface area (Å²) >= 11 is 0. The molecule has 146 valence electrons. The summed E-state index contributed by atoms with van der Waals surface area (Å²) in [7, 11) is 1.62. The van der Waals surface area contributed by atoms with Gasteiger partial charge in [-0.2, -0.15) is 0 Å². The molecule has 0 fully saturated rings. The highest BCUT2D eigenvalue weighted by Crippen LogP contribution is 2.29. The van der Waals surface area contributed by atoms with Gasteiger partial charge in [-0.25, -0.2) is 4.79 Å². The van der Waals surface area contributed by atoms with Crippen molar-refractivity contribution in [3.05, 3.63) is 53.6 Å². The van der Waals surface area contributed by atoms with Crippen LogP contribution in [0.3, 0.4) is 0 Å². The van der Waals surface area contributed by atoms with Crippen LogP contribution in [0.5, 0.6) is 11.5 Å². The Labute approximate surface area is 162 Å². The van der Waals surface area contributed by atoms with Gasteiger partial charge in [0.25, 0.3) is 0 Å². The maximum absolute atomic E-state index is 12.3. The lowest BCUT2D eigenvalue weighted by Crippen LogP contribution is -2.31. The number of ether oxygens (including phenoxy) is 2. The topological polar surface area (TPSA) is 59.6 Å². The summed E-state index contributed by atoms with van der Waals surface area (Å²) in [5.41, 5.74) is 2.98. The van der Waals surface area contributed by atoms with Crippen LogP contribution in [0.2, 0.25) is 0 Å². The first kappa shape index (κ1) is 20.6. The fourth-order valence-electron chi connectivity index (χ4n) is 2.88. The van der Waals surface area contributed by atoms with Crippen LogP contribution in [0.1, 0.15) is 38.8 Å². The highest BCUT2D eigenvalue weighted by Gasteiger charge is 2.18. The Morgan fingerprint density at radius 3 is 2.48 bits per heavy atom. The lowest BCUT2D eigenvalue weighted by Gasteiger charge is -2.23.